The number of likely N-dealkylation sites (tertiary alicyclic amines) is 1. The number of nitrogens with one attached hydrogen (secondary N) is 1. The van der Waals surface area contributed by atoms with E-state index >= 15 is 0 Å². The Hall–Kier alpha value is -1.87. The molecule has 2 saturated heterocycles. The van der Waals surface area contributed by atoms with Gasteiger partial charge in [-0.25, -0.2) is 4.98 Å². The molecule has 6 nitrogen and oxygen atoms in total. The van der Waals surface area contributed by atoms with Crippen LogP contribution in [0.25, 0.3) is 0 Å². The molecule has 1 unspecified atom stereocenters. The van der Waals surface area contributed by atoms with E-state index in [2.05, 4.69) is 74.5 Å². The highest BCUT2D eigenvalue weighted by molar-refractivity contribution is 14.0. The number of ether oxygens (including phenoxy) is 1. The highest BCUT2D eigenvalue weighted by atomic mass is 127. The number of hydrogen-bond donors (Lipinski definition) is 1. The molecule has 2 aliphatic rings. The van der Waals surface area contributed by atoms with Crippen molar-refractivity contribution in [2.75, 3.05) is 44.7 Å². The summed E-state index contributed by atoms with van der Waals surface area (Å²) >= 11 is 0. The number of nitrogens with zero attached hydrogens (tertiary/aromatic N) is 4. The Morgan fingerprint density at radius 1 is 1.12 bits per heavy atom. The fourth-order valence-corrected chi connectivity index (χ4v) is 4.58. The predicted molar refractivity (Wildman–Crippen MR) is 142 cm³/mol. The molecule has 2 aromatic rings. The Morgan fingerprint density at radius 2 is 1.91 bits per heavy atom. The lowest BCUT2D eigenvalue weighted by molar-refractivity contribution is 0.0529. The number of rotatable bonds is 5. The molecule has 0 aliphatic carbocycles. The van der Waals surface area contributed by atoms with Gasteiger partial charge in [0, 0.05) is 46.0 Å². The van der Waals surface area contributed by atoms with Crippen LogP contribution in [0, 0.1) is 5.92 Å². The fourth-order valence-electron chi connectivity index (χ4n) is 4.58. The minimum absolute atomic E-state index is 0. The van der Waals surface area contributed by atoms with Crippen LogP contribution in [0.15, 0.2) is 53.7 Å². The van der Waals surface area contributed by atoms with Gasteiger partial charge >= 0.3 is 0 Å². The first-order valence-electron chi connectivity index (χ1n) is 11.5. The van der Waals surface area contributed by atoms with Gasteiger partial charge in [-0.2, -0.15) is 0 Å². The van der Waals surface area contributed by atoms with Crippen molar-refractivity contribution in [1.29, 1.82) is 0 Å². The number of anilines is 1. The zero-order chi connectivity index (χ0) is 21.5. The number of morpholine rings is 1. The Balaban J connectivity index is 0.00000289. The summed E-state index contributed by atoms with van der Waals surface area (Å²) in [6, 6.07) is 15.1. The van der Waals surface area contributed by atoms with Crippen LogP contribution in [0.2, 0.25) is 0 Å². The molecule has 1 aromatic heterocycles. The monoisotopic (exact) mass is 549 g/mol. The smallest absolute Gasteiger partial charge is 0.193 e. The van der Waals surface area contributed by atoms with E-state index in [0.717, 1.165) is 57.0 Å². The first kappa shape index (κ1) is 24.8. The standard InChI is InChI=1S/C25H35N5O.HI/c1-20-19-30(14-15-31-20)24-17-23(8-11-27-24)18-28-25(26-2)29-12-9-22(10-13-29)16-21-6-4-3-5-7-21;/h3-8,11,17,20,22H,9-10,12-16,18-19H2,1-2H3,(H,26,28);1H. The molecule has 2 aliphatic heterocycles. The van der Waals surface area contributed by atoms with E-state index in [9.17, 15) is 0 Å². The first-order chi connectivity index (χ1) is 15.2. The van der Waals surface area contributed by atoms with Crippen LogP contribution in [-0.2, 0) is 17.7 Å². The van der Waals surface area contributed by atoms with Gasteiger partial charge in [0.15, 0.2) is 5.96 Å². The number of aromatic nitrogens is 1. The van der Waals surface area contributed by atoms with E-state index in [1.807, 2.05) is 13.2 Å². The predicted octanol–water partition coefficient (Wildman–Crippen LogP) is 3.95. The van der Waals surface area contributed by atoms with Crippen molar-refractivity contribution in [3.63, 3.8) is 0 Å². The van der Waals surface area contributed by atoms with Gasteiger partial charge in [-0.1, -0.05) is 30.3 Å². The topological polar surface area (TPSA) is 53.0 Å². The molecule has 0 saturated carbocycles. The number of hydrogen-bond acceptors (Lipinski definition) is 4. The van der Waals surface area contributed by atoms with Crippen LogP contribution in [0.1, 0.15) is 30.9 Å². The van der Waals surface area contributed by atoms with Gasteiger partial charge < -0.3 is 19.9 Å². The summed E-state index contributed by atoms with van der Waals surface area (Å²) in [7, 11) is 1.88. The average molecular weight is 550 g/mol. The van der Waals surface area contributed by atoms with E-state index in [1.165, 1.54) is 30.4 Å². The molecule has 3 heterocycles. The third-order valence-electron chi connectivity index (χ3n) is 6.32. The number of benzene rings is 1. The molecule has 1 N–H and O–H groups in total. The van der Waals surface area contributed by atoms with Gasteiger partial charge in [0.2, 0.25) is 0 Å². The Bertz CT molecular complexity index is 854. The maximum atomic E-state index is 5.66. The van der Waals surface area contributed by atoms with Gasteiger partial charge in [-0.15, -0.1) is 24.0 Å². The second-order valence-corrected chi connectivity index (χ2v) is 8.67. The summed E-state index contributed by atoms with van der Waals surface area (Å²) in [5.41, 5.74) is 2.68. The number of pyridine rings is 1. The number of guanidine groups is 1. The molecule has 1 atom stereocenters. The molecule has 7 heteroatoms. The van der Waals surface area contributed by atoms with E-state index in [-0.39, 0.29) is 30.1 Å². The summed E-state index contributed by atoms with van der Waals surface area (Å²) in [6.07, 6.45) is 5.76. The SMILES string of the molecule is CN=C(NCc1ccnc(N2CCOC(C)C2)c1)N1CCC(Cc2ccccc2)CC1.I. The summed E-state index contributed by atoms with van der Waals surface area (Å²) in [6.45, 7) is 7.54. The zero-order valence-electron chi connectivity index (χ0n) is 19.2. The Morgan fingerprint density at radius 3 is 2.62 bits per heavy atom. The van der Waals surface area contributed by atoms with Crippen LogP contribution < -0.4 is 10.2 Å². The summed E-state index contributed by atoms with van der Waals surface area (Å²) < 4.78 is 5.66. The second kappa shape index (κ2) is 12.4. The van der Waals surface area contributed by atoms with Crippen LogP contribution in [0.4, 0.5) is 5.82 Å². The first-order valence-corrected chi connectivity index (χ1v) is 11.5. The summed E-state index contributed by atoms with van der Waals surface area (Å²) in [5, 5.41) is 3.56. The molecule has 0 spiro atoms. The lowest BCUT2D eigenvalue weighted by Crippen LogP contribution is -2.45. The van der Waals surface area contributed by atoms with Gasteiger partial charge in [0.25, 0.3) is 0 Å². The molecule has 0 radical (unpaired) electrons. The van der Waals surface area contributed by atoms with Crippen molar-refractivity contribution in [3.8, 4) is 0 Å². The molecule has 1 aromatic carbocycles. The van der Waals surface area contributed by atoms with E-state index in [1.54, 1.807) is 0 Å². The van der Waals surface area contributed by atoms with Crippen molar-refractivity contribution in [3.05, 3.63) is 59.8 Å². The molecule has 4 rings (SSSR count). The van der Waals surface area contributed by atoms with Gasteiger partial charge in [0.05, 0.1) is 12.7 Å². The summed E-state index contributed by atoms with van der Waals surface area (Å²) in [5.74, 6) is 2.79. The third kappa shape index (κ3) is 6.81. The number of halogens is 1. The van der Waals surface area contributed by atoms with Crippen LogP contribution >= 0.6 is 24.0 Å². The van der Waals surface area contributed by atoms with Crippen molar-refractivity contribution in [2.24, 2.45) is 10.9 Å². The molecule has 0 bridgehead atoms. The number of piperidine rings is 1. The molecule has 174 valence electrons. The lowest BCUT2D eigenvalue weighted by atomic mass is 9.90. The van der Waals surface area contributed by atoms with Crippen LogP contribution in [0.3, 0.4) is 0 Å². The number of aliphatic imine (C=N–C) groups is 1. The highest BCUT2D eigenvalue weighted by Crippen LogP contribution is 2.22. The zero-order valence-corrected chi connectivity index (χ0v) is 21.6. The minimum Gasteiger partial charge on any atom is -0.375 e. The third-order valence-corrected chi connectivity index (χ3v) is 6.32. The maximum Gasteiger partial charge on any atom is 0.193 e. The van der Waals surface area contributed by atoms with Crippen LogP contribution in [-0.4, -0.2) is 61.8 Å². The Kier molecular flexibility index (Phi) is 9.59. The quantitative estimate of drug-likeness (QED) is 0.348. The van der Waals surface area contributed by atoms with E-state index < -0.39 is 0 Å². The molecule has 32 heavy (non-hydrogen) atoms. The van der Waals surface area contributed by atoms with Crippen LogP contribution in [0.5, 0.6) is 0 Å². The van der Waals surface area contributed by atoms with Crippen molar-refractivity contribution < 1.29 is 4.74 Å². The highest BCUT2D eigenvalue weighted by Gasteiger charge is 2.22. The lowest BCUT2D eigenvalue weighted by Gasteiger charge is -2.34. The average Bonchev–Trinajstić information content (AvgIpc) is 2.81. The molecule has 0 amide bonds. The van der Waals surface area contributed by atoms with Crippen molar-refractivity contribution in [1.82, 2.24) is 15.2 Å². The van der Waals surface area contributed by atoms with Gasteiger partial charge in [0.1, 0.15) is 5.82 Å². The largest absolute Gasteiger partial charge is 0.375 e. The maximum absolute atomic E-state index is 5.66. The molecular weight excluding hydrogens is 513 g/mol. The second-order valence-electron chi connectivity index (χ2n) is 8.67. The normalized spacial score (nSPS) is 20.1. The van der Waals surface area contributed by atoms with E-state index in [0.29, 0.717) is 0 Å². The summed E-state index contributed by atoms with van der Waals surface area (Å²) in [4.78, 5) is 13.8. The van der Waals surface area contributed by atoms with Crippen molar-refractivity contribution in [2.45, 2.75) is 38.8 Å². The van der Waals surface area contributed by atoms with Gasteiger partial charge in [-0.05, 0) is 55.4 Å². The molecular formula is C25H36IN5O. The molecule has 2 fully saturated rings. The minimum atomic E-state index is 0. The Labute approximate surface area is 209 Å². The van der Waals surface area contributed by atoms with Crippen molar-refractivity contribution >= 4 is 35.8 Å². The van der Waals surface area contributed by atoms with E-state index in [4.69, 9.17) is 4.74 Å². The fraction of sp³-hybridized carbons (Fsp3) is 0.520. The van der Waals surface area contributed by atoms with Gasteiger partial charge in [-0.3, -0.25) is 4.99 Å².